The van der Waals surface area contributed by atoms with Crippen LogP contribution in [-0.4, -0.2) is 47.8 Å². The maximum absolute atomic E-state index is 14.3. The Bertz CT molecular complexity index is 1520. The molecule has 2 aromatic heterocycles. The summed E-state index contributed by atoms with van der Waals surface area (Å²) in [4.78, 5) is 38.1. The highest BCUT2D eigenvalue weighted by Crippen LogP contribution is 2.39. The van der Waals surface area contributed by atoms with Gasteiger partial charge < -0.3 is 19.2 Å². The second-order valence-electron chi connectivity index (χ2n) is 14.2. The van der Waals surface area contributed by atoms with E-state index in [4.69, 9.17) is 23.9 Å². The van der Waals surface area contributed by atoms with Crippen molar-refractivity contribution in [3.63, 3.8) is 0 Å². The predicted molar refractivity (Wildman–Crippen MR) is 182 cm³/mol. The predicted octanol–water partition coefficient (Wildman–Crippen LogP) is 8.32. The summed E-state index contributed by atoms with van der Waals surface area (Å²) in [5.41, 5.74) is 4.17. The topological polar surface area (TPSA) is 107 Å². The molecule has 0 spiro atoms. The molecule has 2 heterocycles. The highest BCUT2D eigenvalue weighted by atomic mass is 16.6. The Morgan fingerprint density at radius 1 is 1.00 bits per heavy atom. The Hall–Kier alpha value is -3.88. The average Bonchev–Trinajstić information content (AvgIpc) is 3.57. The molecule has 0 aliphatic heterocycles. The molecular formula is C38H50N4O5. The molecule has 9 nitrogen and oxygen atoms in total. The van der Waals surface area contributed by atoms with Crippen molar-refractivity contribution in [2.75, 3.05) is 18.6 Å². The van der Waals surface area contributed by atoms with Gasteiger partial charge in [0.2, 0.25) is 5.91 Å². The van der Waals surface area contributed by atoms with Gasteiger partial charge in [-0.1, -0.05) is 26.0 Å². The quantitative estimate of drug-likeness (QED) is 0.237. The van der Waals surface area contributed by atoms with Gasteiger partial charge in [0.1, 0.15) is 29.6 Å². The minimum atomic E-state index is -0.319. The molecule has 3 aliphatic rings. The minimum Gasteiger partial charge on any atom is -0.496 e. The summed E-state index contributed by atoms with van der Waals surface area (Å²) in [6.45, 7) is 6.85. The number of hydrogen-bond acceptors (Lipinski definition) is 7. The number of alkyl carbamates (subject to hydrolysis) is 1. The number of amides is 2. The van der Waals surface area contributed by atoms with E-state index in [1.807, 2.05) is 17.0 Å². The molecule has 3 aliphatic carbocycles. The lowest BCUT2D eigenvalue weighted by Gasteiger charge is -2.36. The molecule has 2 amide bonds. The first kappa shape index (κ1) is 33.0. The third kappa shape index (κ3) is 7.99. The second-order valence-corrected chi connectivity index (χ2v) is 14.2. The van der Waals surface area contributed by atoms with E-state index >= 15 is 0 Å². The molecule has 3 aromatic rings. The van der Waals surface area contributed by atoms with Gasteiger partial charge in [-0.3, -0.25) is 9.69 Å². The number of carbonyl (C=O) groups excluding carboxylic acids is 2. The fraction of sp³-hybridized carbons (Fsp3) is 0.579. The number of nitrogens with zero attached hydrogens (tertiary/aromatic N) is 3. The monoisotopic (exact) mass is 642 g/mol. The third-order valence-electron chi connectivity index (χ3n) is 10.5. The molecule has 3 saturated carbocycles. The summed E-state index contributed by atoms with van der Waals surface area (Å²) in [7, 11) is 1.72. The average molecular weight is 643 g/mol. The van der Waals surface area contributed by atoms with Gasteiger partial charge in [-0.2, -0.15) is 0 Å². The number of methoxy groups -OCH3 is 1. The van der Waals surface area contributed by atoms with E-state index in [0.717, 1.165) is 62.0 Å². The van der Waals surface area contributed by atoms with Gasteiger partial charge in [0.25, 0.3) is 0 Å². The Morgan fingerprint density at radius 3 is 2.40 bits per heavy atom. The number of hydrogen-bond donors (Lipinski definition) is 1. The van der Waals surface area contributed by atoms with Gasteiger partial charge >= 0.3 is 6.09 Å². The number of rotatable bonds is 10. The van der Waals surface area contributed by atoms with Crippen LogP contribution in [0.4, 0.5) is 10.6 Å². The smallest absolute Gasteiger partial charge is 0.407 e. The lowest BCUT2D eigenvalue weighted by atomic mass is 9.78. The highest BCUT2D eigenvalue weighted by Gasteiger charge is 2.34. The van der Waals surface area contributed by atoms with E-state index in [9.17, 15) is 9.59 Å². The number of aromatic nitrogens is 2. The van der Waals surface area contributed by atoms with Crippen LogP contribution in [0.5, 0.6) is 5.75 Å². The molecule has 1 aromatic carbocycles. The van der Waals surface area contributed by atoms with Gasteiger partial charge in [0.15, 0.2) is 5.89 Å². The molecule has 9 heteroatoms. The number of anilines is 1. The lowest BCUT2D eigenvalue weighted by Crippen LogP contribution is -2.44. The summed E-state index contributed by atoms with van der Waals surface area (Å²) in [6.07, 6.45) is 13.3. The molecule has 0 bridgehead atoms. The number of benzene rings is 1. The first-order chi connectivity index (χ1) is 22.8. The zero-order chi connectivity index (χ0) is 32.9. The molecule has 6 rings (SSSR count). The summed E-state index contributed by atoms with van der Waals surface area (Å²) >= 11 is 0. The van der Waals surface area contributed by atoms with Crippen molar-refractivity contribution in [3.05, 3.63) is 59.8 Å². The molecule has 47 heavy (non-hydrogen) atoms. The van der Waals surface area contributed by atoms with Crippen LogP contribution in [0.3, 0.4) is 0 Å². The van der Waals surface area contributed by atoms with Crippen molar-refractivity contribution in [2.24, 2.45) is 11.8 Å². The van der Waals surface area contributed by atoms with Crippen LogP contribution in [-0.2, 0) is 9.53 Å². The molecule has 0 unspecified atom stereocenters. The summed E-state index contributed by atoms with van der Waals surface area (Å²) in [5, 5.41) is 2.97. The van der Waals surface area contributed by atoms with E-state index < -0.39 is 0 Å². The van der Waals surface area contributed by atoms with Crippen molar-refractivity contribution in [3.8, 4) is 17.0 Å². The van der Waals surface area contributed by atoms with E-state index in [2.05, 4.69) is 44.3 Å². The fourth-order valence-electron chi connectivity index (χ4n) is 7.35. The van der Waals surface area contributed by atoms with Crippen molar-refractivity contribution in [1.29, 1.82) is 0 Å². The summed E-state index contributed by atoms with van der Waals surface area (Å²) in [6, 6.07) is 10.7. The van der Waals surface area contributed by atoms with Crippen molar-refractivity contribution in [1.82, 2.24) is 15.3 Å². The Kier molecular flexibility index (Phi) is 10.5. The Labute approximate surface area is 278 Å². The van der Waals surface area contributed by atoms with Crippen molar-refractivity contribution < 1.29 is 23.5 Å². The van der Waals surface area contributed by atoms with Crippen LogP contribution in [0.1, 0.15) is 113 Å². The first-order valence-corrected chi connectivity index (χ1v) is 17.6. The Morgan fingerprint density at radius 2 is 1.77 bits per heavy atom. The van der Waals surface area contributed by atoms with E-state index in [0.29, 0.717) is 55.8 Å². The number of oxazole rings is 1. The third-order valence-corrected chi connectivity index (χ3v) is 10.5. The highest BCUT2D eigenvalue weighted by molar-refractivity contribution is 5.94. The molecular weight excluding hydrogens is 592 g/mol. The molecule has 1 N–H and O–H groups in total. The van der Waals surface area contributed by atoms with Crippen molar-refractivity contribution in [2.45, 2.75) is 115 Å². The number of aryl methyl sites for hydroxylation is 1. The van der Waals surface area contributed by atoms with E-state index in [1.165, 1.54) is 11.1 Å². The van der Waals surface area contributed by atoms with Gasteiger partial charge in [-0.05, 0) is 119 Å². The summed E-state index contributed by atoms with van der Waals surface area (Å²) in [5.74, 6) is 3.34. The number of ether oxygens (including phenoxy) is 2. The first-order valence-electron chi connectivity index (χ1n) is 17.6. The largest absolute Gasteiger partial charge is 0.496 e. The lowest BCUT2D eigenvalue weighted by molar-refractivity contribution is -0.124. The van der Waals surface area contributed by atoms with Gasteiger partial charge in [0, 0.05) is 36.2 Å². The molecule has 0 saturated heterocycles. The SMILES string of the molecule is COc1ccc(C2CCC(CN(C(=O)C3CCC(OC(=O)NC4CCC4)CC3)c3cc(-c4coc(C(C)C)n4)ccn3)CC2)cc1C. The van der Waals surface area contributed by atoms with Gasteiger partial charge in [0.05, 0.1) is 7.11 Å². The van der Waals surface area contributed by atoms with Crippen LogP contribution >= 0.6 is 0 Å². The molecule has 0 atom stereocenters. The van der Waals surface area contributed by atoms with Crippen LogP contribution in [0.25, 0.3) is 11.3 Å². The zero-order valence-electron chi connectivity index (χ0n) is 28.4. The van der Waals surface area contributed by atoms with Crippen LogP contribution in [0.15, 0.2) is 47.2 Å². The van der Waals surface area contributed by atoms with Crippen LogP contribution < -0.4 is 15.0 Å². The fourth-order valence-corrected chi connectivity index (χ4v) is 7.35. The standard InChI is InChI=1S/C38H50N4O5/c1-24(2)36-41-33(23-46-36)30-18-19-39-35(21-30)42(22-26-8-10-27(11-9-26)29-14-17-34(45-4)25(3)20-29)37(43)28-12-15-32(16-13-28)47-38(44)40-31-6-5-7-31/h14,17-21,23-24,26-28,31-32H,5-13,15-16,22H2,1-4H3,(H,40,44). The molecule has 3 fully saturated rings. The van der Waals surface area contributed by atoms with Crippen LogP contribution in [0, 0.1) is 18.8 Å². The number of nitrogens with one attached hydrogen (secondary N) is 1. The normalized spacial score (nSPS) is 23.2. The minimum absolute atomic E-state index is 0.114. The summed E-state index contributed by atoms with van der Waals surface area (Å²) < 4.78 is 16.9. The number of pyridine rings is 1. The van der Waals surface area contributed by atoms with Crippen LogP contribution in [0.2, 0.25) is 0 Å². The number of carbonyl (C=O) groups is 2. The van der Waals surface area contributed by atoms with E-state index in [-0.39, 0.29) is 36.0 Å². The second kappa shape index (κ2) is 14.9. The van der Waals surface area contributed by atoms with Gasteiger partial charge in [-0.15, -0.1) is 0 Å². The van der Waals surface area contributed by atoms with Gasteiger partial charge in [-0.25, -0.2) is 14.8 Å². The Balaban J connectivity index is 1.14. The van der Waals surface area contributed by atoms with E-state index in [1.54, 1.807) is 19.6 Å². The molecule has 0 radical (unpaired) electrons. The zero-order valence-corrected chi connectivity index (χ0v) is 28.4. The maximum Gasteiger partial charge on any atom is 0.407 e. The van der Waals surface area contributed by atoms with Crippen molar-refractivity contribution >= 4 is 17.8 Å². The maximum atomic E-state index is 14.3. The molecule has 252 valence electrons.